The highest BCUT2D eigenvalue weighted by atomic mass is 32.2. The second-order valence-electron chi connectivity index (χ2n) is 7.37. The fraction of sp³-hybridized carbons (Fsp3) is 0.200. The highest BCUT2D eigenvalue weighted by Crippen LogP contribution is 2.29. The normalized spacial score (nSPS) is 10.8. The van der Waals surface area contributed by atoms with E-state index in [2.05, 4.69) is 27.4 Å². The zero-order valence-electron chi connectivity index (χ0n) is 18.8. The van der Waals surface area contributed by atoms with Crippen LogP contribution in [0.15, 0.2) is 72.1 Å². The first-order valence-corrected chi connectivity index (χ1v) is 11.6. The van der Waals surface area contributed by atoms with Gasteiger partial charge in [0.2, 0.25) is 5.91 Å². The van der Waals surface area contributed by atoms with Crippen molar-refractivity contribution < 1.29 is 9.53 Å². The van der Waals surface area contributed by atoms with Gasteiger partial charge in [0, 0.05) is 29.3 Å². The molecule has 0 aliphatic carbocycles. The van der Waals surface area contributed by atoms with Gasteiger partial charge in [-0.05, 0) is 60.9 Å². The largest absolute Gasteiger partial charge is 0.497 e. The minimum absolute atomic E-state index is 0.0845. The number of nitrogens with one attached hydrogen (secondary N) is 1. The van der Waals surface area contributed by atoms with E-state index in [9.17, 15) is 4.79 Å². The Morgan fingerprint density at radius 2 is 1.82 bits per heavy atom. The summed E-state index contributed by atoms with van der Waals surface area (Å²) in [6.45, 7) is 4.08. The number of pyridine rings is 1. The Labute approximate surface area is 197 Å². The molecule has 0 bridgehead atoms. The van der Waals surface area contributed by atoms with Gasteiger partial charge in [0.15, 0.2) is 11.0 Å². The van der Waals surface area contributed by atoms with Crippen LogP contribution in [0.3, 0.4) is 0 Å². The maximum Gasteiger partial charge on any atom is 0.234 e. The molecule has 2 aromatic carbocycles. The second-order valence-corrected chi connectivity index (χ2v) is 8.32. The van der Waals surface area contributed by atoms with Crippen molar-refractivity contribution in [2.75, 3.05) is 18.2 Å². The van der Waals surface area contributed by atoms with Crippen molar-refractivity contribution in [3.8, 4) is 22.8 Å². The van der Waals surface area contributed by atoms with E-state index in [0.717, 1.165) is 40.2 Å². The summed E-state index contributed by atoms with van der Waals surface area (Å²) in [4.78, 5) is 16.9. The van der Waals surface area contributed by atoms with Gasteiger partial charge in [0.25, 0.3) is 0 Å². The van der Waals surface area contributed by atoms with Gasteiger partial charge in [-0.2, -0.15) is 0 Å². The minimum atomic E-state index is -0.0845. The second kappa shape index (κ2) is 10.3. The zero-order chi connectivity index (χ0) is 23.2. The fourth-order valence-electron chi connectivity index (χ4n) is 3.52. The van der Waals surface area contributed by atoms with Gasteiger partial charge in [-0.25, -0.2) is 0 Å². The Morgan fingerprint density at radius 1 is 1.06 bits per heavy atom. The maximum absolute atomic E-state index is 12.8. The number of carbonyl (C=O) groups excluding carboxylic acids is 1. The lowest BCUT2D eigenvalue weighted by Crippen LogP contribution is -2.16. The quantitative estimate of drug-likeness (QED) is 0.376. The third-order valence-electron chi connectivity index (χ3n) is 5.24. The molecule has 2 aromatic heterocycles. The fourth-order valence-corrected chi connectivity index (χ4v) is 4.27. The van der Waals surface area contributed by atoms with Gasteiger partial charge in [-0.3, -0.25) is 14.3 Å². The van der Waals surface area contributed by atoms with E-state index in [4.69, 9.17) is 4.74 Å². The summed E-state index contributed by atoms with van der Waals surface area (Å²) in [5, 5.41) is 12.5. The molecule has 168 valence electrons. The molecule has 0 radical (unpaired) electrons. The molecule has 2 heterocycles. The van der Waals surface area contributed by atoms with Crippen LogP contribution >= 0.6 is 11.8 Å². The lowest BCUT2D eigenvalue weighted by molar-refractivity contribution is -0.113. The summed E-state index contributed by atoms with van der Waals surface area (Å²) in [6, 6.07) is 17.5. The number of rotatable bonds is 8. The number of anilines is 1. The number of nitrogens with zero attached hydrogens (tertiary/aromatic N) is 4. The molecule has 33 heavy (non-hydrogen) atoms. The van der Waals surface area contributed by atoms with E-state index < -0.39 is 0 Å². The van der Waals surface area contributed by atoms with Gasteiger partial charge in [-0.1, -0.05) is 36.9 Å². The SMILES string of the molecule is CCc1cccc(C)c1NC(=O)CSc1nnc(-c2ccncc2)n1-c1ccc(OC)cc1. The molecule has 4 rings (SSSR count). The number of methoxy groups -OCH3 is 1. The smallest absolute Gasteiger partial charge is 0.234 e. The van der Waals surface area contributed by atoms with Crippen molar-refractivity contribution >= 4 is 23.4 Å². The van der Waals surface area contributed by atoms with Crippen molar-refractivity contribution in [2.45, 2.75) is 25.4 Å². The number of aromatic nitrogens is 4. The van der Waals surface area contributed by atoms with Crippen molar-refractivity contribution in [1.29, 1.82) is 0 Å². The molecule has 0 unspecified atom stereocenters. The highest BCUT2D eigenvalue weighted by molar-refractivity contribution is 7.99. The number of ether oxygens (including phenoxy) is 1. The van der Waals surface area contributed by atoms with Crippen LogP contribution in [0.2, 0.25) is 0 Å². The summed E-state index contributed by atoms with van der Waals surface area (Å²) in [5.74, 6) is 1.56. The van der Waals surface area contributed by atoms with Crippen LogP contribution in [-0.2, 0) is 11.2 Å². The number of amides is 1. The number of carbonyl (C=O) groups is 1. The zero-order valence-corrected chi connectivity index (χ0v) is 19.6. The van der Waals surface area contributed by atoms with Crippen LogP contribution in [0.1, 0.15) is 18.1 Å². The molecule has 0 atom stereocenters. The average molecular weight is 460 g/mol. The molecule has 7 nitrogen and oxygen atoms in total. The van der Waals surface area contributed by atoms with Crippen LogP contribution in [0.25, 0.3) is 17.1 Å². The maximum atomic E-state index is 12.8. The van der Waals surface area contributed by atoms with Crippen LogP contribution in [0.4, 0.5) is 5.69 Å². The molecule has 1 N–H and O–H groups in total. The average Bonchev–Trinajstić information content (AvgIpc) is 3.28. The molecular formula is C25H25N5O2S. The monoisotopic (exact) mass is 459 g/mol. The lowest BCUT2D eigenvalue weighted by Gasteiger charge is -2.13. The summed E-state index contributed by atoms with van der Waals surface area (Å²) in [7, 11) is 1.63. The summed E-state index contributed by atoms with van der Waals surface area (Å²) >= 11 is 1.34. The van der Waals surface area contributed by atoms with Crippen LogP contribution in [0.5, 0.6) is 5.75 Å². The Balaban J connectivity index is 1.60. The number of thioether (sulfide) groups is 1. The molecule has 0 aliphatic heterocycles. The predicted molar refractivity (Wildman–Crippen MR) is 131 cm³/mol. The Bertz CT molecular complexity index is 1240. The van der Waals surface area contributed by atoms with Crippen LogP contribution in [-0.4, -0.2) is 38.5 Å². The first-order valence-electron chi connectivity index (χ1n) is 10.6. The molecule has 0 fully saturated rings. The van der Waals surface area contributed by atoms with Gasteiger partial charge in [0.05, 0.1) is 12.9 Å². The van der Waals surface area contributed by atoms with Gasteiger partial charge < -0.3 is 10.1 Å². The first-order chi connectivity index (χ1) is 16.1. The van der Waals surface area contributed by atoms with Crippen molar-refractivity contribution in [3.63, 3.8) is 0 Å². The lowest BCUT2D eigenvalue weighted by atomic mass is 10.1. The van der Waals surface area contributed by atoms with E-state index in [1.54, 1.807) is 19.5 Å². The van der Waals surface area contributed by atoms with E-state index in [0.29, 0.717) is 11.0 Å². The molecule has 4 aromatic rings. The van der Waals surface area contributed by atoms with E-state index >= 15 is 0 Å². The highest BCUT2D eigenvalue weighted by Gasteiger charge is 2.18. The minimum Gasteiger partial charge on any atom is -0.497 e. The van der Waals surface area contributed by atoms with Crippen molar-refractivity contribution in [1.82, 2.24) is 19.7 Å². The molecule has 0 saturated heterocycles. The Hall–Kier alpha value is -3.65. The van der Waals surface area contributed by atoms with Crippen molar-refractivity contribution in [2.24, 2.45) is 0 Å². The van der Waals surface area contributed by atoms with E-state index in [1.165, 1.54) is 11.8 Å². The molecule has 0 aliphatic rings. The van der Waals surface area contributed by atoms with E-state index in [-0.39, 0.29) is 11.7 Å². The van der Waals surface area contributed by atoms with Crippen LogP contribution < -0.4 is 10.1 Å². The molecule has 8 heteroatoms. The number of para-hydroxylation sites is 1. The third-order valence-corrected chi connectivity index (χ3v) is 6.17. The number of benzene rings is 2. The summed E-state index contributed by atoms with van der Waals surface area (Å²) in [6.07, 6.45) is 4.29. The summed E-state index contributed by atoms with van der Waals surface area (Å²) < 4.78 is 7.23. The number of hydrogen-bond donors (Lipinski definition) is 1. The number of hydrogen-bond acceptors (Lipinski definition) is 6. The van der Waals surface area contributed by atoms with E-state index in [1.807, 2.05) is 66.1 Å². The topological polar surface area (TPSA) is 81.9 Å². The van der Waals surface area contributed by atoms with Gasteiger partial charge in [0.1, 0.15) is 5.75 Å². The molecule has 0 spiro atoms. The van der Waals surface area contributed by atoms with Crippen molar-refractivity contribution in [3.05, 3.63) is 78.1 Å². The molecular weight excluding hydrogens is 434 g/mol. The van der Waals surface area contributed by atoms with Gasteiger partial charge in [-0.15, -0.1) is 10.2 Å². The van der Waals surface area contributed by atoms with Gasteiger partial charge >= 0.3 is 0 Å². The Morgan fingerprint density at radius 3 is 2.52 bits per heavy atom. The predicted octanol–water partition coefficient (Wildman–Crippen LogP) is 4.94. The summed E-state index contributed by atoms with van der Waals surface area (Å²) in [5.41, 5.74) is 4.82. The standard InChI is InChI=1S/C25H25N5O2S/c1-4-18-7-5-6-17(2)23(18)27-22(31)16-33-25-29-28-24(19-12-14-26-15-13-19)30(25)20-8-10-21(32-3)11-9-20/h5-15H,4,16H2,1-3H3,(H,27,31). The van der Waals surface area contributed by atoms with Crippen LogP contribution in [0, 0.1) is 6.92 Å². The number of aryl methyl sites for hydroxylation is 2. The third kappa shape index (κ3) is 5.06. The first kappa shape index (κ1) is 22.5. The molecule has 0 saturated carbocycles. The Kier molecular flexibility index (Phi) is 7.04. The molecule has 1 amide bonds.